The van der Waals surface area contributed by atoms with Crippen LogP contribution in [0.4, 0.5) is 0 Å². The van der Waals surface area contributed by atoms with Crippen LogP contribution in [0.25, 0.3) is 117 Å². The molecule has 0 aliphatic heterocycles. The molecule has 3 heterocycles. The molecule has 0 bridgehead atoms. The summed E-state index contributed by atoms with van der Waals surface area (Å²) in [5.41, 5.74) is 16.4. The van der Waals surface area contributed by atoms with Gasteiger partial charge in [-0.2, -0.15) is 0 Å². The summed E-state index contributed by atoms with van der Waals surface area (Å²) in [7, 11) is 0. The molecule has 1 aliphatic rings. The number of nitrogens with zero attached hydrogens (tertiary/aromatic N) is 4. The lowest BCUT2D eigenvalue weighted by Gasteiger charge is -2.20. The standard InChI is InChI=1S/C64H42N4O/c1-3-17-40(18-4-1)41-21-15-22-45(36-41)62-65-63(67-64(66-62)53-29-16-31-57-60(53)51-27-11-13-30-56(51)68(57)47-23-5-2-6-24-47)46-38-55(61-52-28-12-14-32-58(52)69-59(61)39-46)50-34-33-44-35-42-19-7-8-20-43(42)37-54(44)49-26-10-9-25-48(49)50/h1-32,35-39,50H,33-34H2. The predicted molar refractivity (Wildman–Crippen MR) is 283 cm³/mol. The van der Waals surface area contributed by atoms with Gasteiger partial charge in [-0.25, -0.2) is 15.0 Å². The Morgan fingerprint density at radius 2 is 1.03 bits per heavy atom. The molecule has 0 radical (unpaired) electrons. The van der Waals surface area contributed by atoms with E-state index in [0.717, 1.165) is 90.1 Å². The molecule has 0 fully saturated rings. The van der Waals surface area contributed by atoms with Crippen molar-refractivity contribution in [1.82, 2.24) is 19.5 Å². The predicted octanol–water partition coefficient (Wildman–Crippen LogP) is 16.4. The number of hydrogen-bond acceptors (Lipinski definition) is 4. The third-order valence-corrected chi connectivity index (χ3v) is 14.3. The zero-order valence-corrected chi connectivity index (χ0v) is 37.6. The monoisotopic (exact) mass is 882 g/mol. The minimum Gasteiger partial charge on any atom is -0.456 e. The fourth-order valence-corrected chi connectivity index (χ4v) is 11.1. The Morgan fingerprint density at radius 1 is 0.391 bits per heavy atom. The highest BCUT2D eigenvalue weighted by molar-refractivity contribution is 6.15. The van der Waals surface area contributed by atoms with Gasteiger partial charge in [0.2, 0.25) is 0 Å². The summed E-state index contributed by atoms with van der Waals surface area (Å²) in [5, 5.41) is 6.99. The van der Waals surface area contributed by atoms with E-state index in [4.69, 9.17) is 19.4 Å². The van der Waals surface area contributed by atoms with E-state index in [1.165, 1.54) is 38.6 Å². The lowest BCUT2D eigenvalue weighted by molar-refractivity contribution is 0.667. The van der Waals surface area contributed by atoms with Gasteiger partial charge < -0.3 is 8.98 Å². The minimum absolute atomic E-state index is 0.0568. The van der Waals surface area contributed by atoms with Crippen molar-refractivity contribution >= 4 is 54.5 Å². The van der Waals surface area contributed by atoms with Gasteiger partial charge in [-0.05, 0) is 117 Å². The lowest BCUT2D eigenvalue weighted by atomic mass is 9.83. The van der Waals surface area contributed by atoms with Crippen molar-refractivity contribution in [2.24, 2.45) is 0 Å². The maximum atomic E-state index is 6.85. The van der Waals surface area contributed by atoms with E-state index in [9.17, 15) is 0 Å². The van der Waals surface area contributed by atoms with E-state index in [-0.39, 0.29) is 5.92 Å². The maximum absolute atomic E-state index is 6.85. The molecule has 3 aromatic heterocycles. The van der Waals surface area contributed by atoms with Crippen LogP contribution < -0.4 is 0 Å². The molecule has 14 rings (SSSR count). The minimum atomic E-state index is 0.0568. The molecule has 324 valence electrons. The normalized spacial score (nSPS) is 13.5. The molecule has 13 aromatic rings. The second-order valence-corrected chi connectivity index (χ2v) is 18.2. The van der Waals surface area contributed by atoms with Gasteiger partial charge in [0.15, 0.2) is 17.5 Å². The Morgan fingerprint density at radius 3 is 1.90 bits per heavy atom. The number of para-hydroxylation sites is 3. The van der Waals surface area contributed by atoms with Crippen LogP contribution in [0, 0.1) is 0 Å². The Balaban J connectivity index is 1.02. The van der Waals surface area contributed by atoms with Gasteiger partial charge in [0, 0.05) is 49.8 Å². The maximum Gasteiger partial charge on any atom is 0.164 e. The summed E-state index contributed by atoms with van der Waals surface area (Å²) in [6, 6.07) is 80.2. The molecule has 0 saturated heterocycles. The number of aromatic nitrogens is 4. The van der Waals surface area contributed by atoms with Crippen molar-refractivity contribution in [3.05, 3.63) is 241 Å². The van der Waals surface area contributed by atoms with Crippen molar-refractivity contribution in [3.8, 4) is 62.1 Å². The van der Waals surface area contributed by atoms with Crippen LogP contribution in [0.1, 0.15) is 29.0 Å². The molecule has 0 saturated carbocycles. The smallest absolute Gasteiger partial charge is 0.164 e. The first kappa shape index (κ1) is 39.3. The van der Waals surface area contributed by atoms with Crippen LogP contribution in [0.5, 0.6) is 0 Å². The molecular formula is C64H42N4O. The van der Waals surface area contributed by atoms with Gasteiger partial charge >= 0.3 is 0 Å². The van der Waals surface area contributed by atoms with E-state index >= 15 is 0 Å². The number of benzene rings is 10. The van der Waals surface area contributed by atoms with E-state index in [1.54, 1.807) is 0 Å². The quantitative estimate of drug-likeness (QED) is 0.167. The van der Waals surface area contributed by atoms with Crippen LogP contribution in [0.15, 0.2) is 229 Å². The summed E-state index contributed by atoms with van der Waals surface area (Å²) in [4.78, 5) is 16.4. The van der Waals surface area contributed by atoms with Crippen molar-refractivity contribution < 1.29 is 4.42 Å². The van der Waals surface area contributed by atoms with Gasteiger partial charge in [-0.3, -0.25) is 0 Å². The van der Waals surface area contributed by atoms with Crippen LogP contribution in [0.2, 0.25) is 0 Å². The largest absolute Gasteiger partial charge is 0.456 e. The zero-order chi connectivity index (χ0) is 45.4. The van der Waals surface area contributed by atoms with Crippen LogP contribution in [-0.4, -0.2) is 19.5 Å². The van der Waals surface area contributed by atoms with Crippen molar-refractivity contribution in [2.45, 2.75) is 18.8 Å². The average molecular weight is 883 g/mol. The SMILES string of the molecule is c1ccc(-c2cccc(-c3nc(-c4cc(C5CCc6cc7ccccc7cc6-c6ccccc65)c5c(c4)oc4ccccc45)nc(-c4cccc5c4c4ccccc4n5-c4ccccc4)n3)c2)cc1. The molecule has 0 N–H and O–H groups in total. The second kappa shape index (κ2) is 15.9. The molecular weight excluding hydrogens is 841 g/mol. The Labute approximate surface area is 398 Å². The van der Waals surface area contributed by atoms with Crippen LogP contribution in [-0.2, 0) is 6.42 Å². The Bertz CT molecular complexity index is 4150. The van der Waals surface area contributed by atoms with E-state index in [1.807, 2.05) is 0 Å². The number of rotatable bonds is 6. The molecule has 0 spiro atoms. The van der Waals surface area contributed by atoms with E-state index < -0.39 is 0 Å². The van der Waals surface area contributed by atoms with E-state index in [2.05, 4.69) is 229 Å². The molecule has 69 heavy (non-hydrogen) atoms. The average Bonchev–Trinajstić information content (AvgIpc) is 3.92. The van der Waals surface area contributed by atoms with Gasteiger partial charge in [0.1, 0.15) is 11.2 Å². The van der Waals surface area contributed by atoms with Crippen LogP contribution >= 0.6 is 0 Å². The Hall–Kier alpha value is -8.93. The molecule has 1 atom stereocenters. The summed E-state index contributed by atoms with van der Waals surface area (Å²) in [6.45, 7) is 0. The van der Waals surface area contributed by atoms with E-state index in [0.29, 0.717) is 17.5 Å². The van der Waals surface area contributed by atoms with Crippen LogP contribution in [0.3, 0.4) is 0 Å². The molecule has 0 amide bonds. The first-order valence-corrected chi connectivity index (χ1v) is 23.8. The third-order valence-electron chi connectivity index (χ3n) is 14.3. The summed E-state index contributed by atoms with van der Waals surface area (Å²) in [5.74, 6) is 1.85. The lowest BCUT2D eigenvalue weighted by Crippen LogP contribution is -2.05. The molecule has 5 nitrogen and oxygen atoms in total. The molecule has 10 aromatic carbocycles. The first-order chi connectivity index (χ1) is 34.2. The highest BCUT2D eigenvalue weighted by Gasteiger charge is 2.29. The van der Waals surface area contributed by atoms with Crippen molar-refractivity contribution in [3.63, 3.8) is 0 Å². The van der Waals surface area contributed by atoms with Gasteiger partial charge in [0.25, 0.3) is 0 Å². The topological polar surface area (TPSA) is 56.7 Å². The van der Waals surface area contributed by atoms with Gasteiger partial charge in [-0.1, -0.05) is 170 Å². The highest BCUT2D eigenvalue weighted by Crippen LogP contribution is 2.47. The number of furan rings is 1. The van der Waals surface area contributed by atoms with Crippen molar-refractivity contribution in [2.75, 3.05) is 0 Å². The summed E-state index contributed by atoms with van der Waals surface area (Å²) in [6.07, 6.45) is 1.85. The second-order valence-electron chi connectivity index (χ2n) is 18.2. The fraction of sp³-hybridized carbons (Fsp3) is 0.0469. The molecule has 5 heteroatoms. The summed E-state index contributed by atoms with van der Waals surface area (Å²) >= 11 is 0. The molecule has 1 unspecified atom stereocenters. The fourth-order valence-electron chi connectivity index (χ4n) is 11.1. The van der Waals surface area contributed by atoms with Gasteiger partial charge in [0.05, 0.1) is 11.0 Å². The Kier molecular flexibility index (Phi) is 9.02. The van der Waals surface area contributed by atoms with Crippen molar-refractivity contribution in [1.29, 1.82) is 0 Å². The highest BCUT2D eigenvalue weighted by atomic mass is 16.3. The number of fused-ring (bicyclic) bond motifs is 10. The third kappa shape index (κ3) is 6.50. The van der Waals surface area contributed by atoms with Gasteiger partial charge in [-0.15, -0.1) is 0 Å². The summed E-state index contributed by atoms with van der Waals surface area (Å²) < 4.78 is 9.19. The number of aryl methyl sites for hydroxylation is 1. The zero-order valence-electron chi connectivity index (χ0n) is 37.6. The number of hydrogen-bond donors (Lipinski definition) is 0. The molecule has 1 aliphatic carbocycles. The first-order valence-electron chi connectivity index (χ1n) is 23.8.